The molecule has 0 spiro atoms. The Kier molecular flexibility index (Phi) is 4.87. The number of hydrazine groups is 1. The molecule has 3 aromatic rings. The number of benzene rings is 1. The molecule has 0 aliphatic rings. The van der Waals surface area contributed by atoms with Gasteiger partial charge in [0.25, 0.3) is 5.91 Å². The van der Waals surface area contributed by atoms with Gasteiger partial charge in [0.1, 0.15) is 0 Å². The molecule has 0 unspecified atom stereocenters. The van der Waals surface area contributed by atoms with Gasteiger partial charge in [0.05, 0.1) is 15.8 Å². The zero-order valence-electron chi connectivity index (χ0n) is 13.4. The van der Waals surface area contributed by atoms with Gasteiger partial charge in [0, 0.05) is 24.5 Å². The predicted molar refractivity (Wildman–Crippen MR) is 97.2 cm³/mol. The summed E-state index contributed by atoms with van der Waals surface area (Å²) in [5.74, 6) is 4.88. The van der Waals surface area contributed by atoms with E-state index in [0.29, 0.717) is 27.5 Å². The van der Waals surface area contributed by atoms with E-state index >= 15 is 0 Å². The van der Waals surface area contributed by atoms with Crippen LogP contribution in [0.5, 0.6) is 0 Å². The number of nitrogens with one attached hydrogen (secondary N) is 3. The smallest absolute Gasteiger partial charge is 0.321 e. The Morgan fingerprint density at radius 3 is 2.80 bits per heavy atom. The van der Waals surface area contributed by atoms with Gasteiger partial charge < -0.3 is 5.32 Å². The number of pyridine rings is 1. The van der Waals surface area contributed by atoms with Crippen molar-refractivity contribution in [1.82, 2.24) is 20.7 Å². The second-order valence-corrected chi connectivity index (χ2v) is 6.09. The molecule has 5 N–H and O–H groups in total. The van der Waals surface area contributed by atoms with Crippen molar-refractivity contribution in [1.29, 1.82) is 0 Å². The molecule has 9 heteroatoms. The molecule has 0 saturated heterocycles. The Hall–Kier alpha value is -3.04. The maximum Gasteiger partial charge on any atom is 0.321 e. The minimum absolute atomic E-state index is 0.348. The van der Waals surface area contributed by atoms with Crippen molar-refractivity contribution in [3.8, 4) is 11.1 Å². The summed E-state index contributed by atoms with van der Waals surface area (Å²) in [7, 11) is 0. The Bertz CT molecular complexity index is 925. The average molecular weight is 356 g/mol. The fraction of sp³-hybridized carbons (Fsp3) is 0.125. The molecule has 0 radical (unpaired) electrons. The molecule has 2 aromatic heterocycles. The molecular weight excluding hydrogens is 340 g/mol. The lowest BCUT2D eigenvalue weighted by atomic mass is 10.0. The molecule has 0 fully saturated rings. The largest absolute Gasteiger partial charge is 0.338 e. The molecule has 25 heavy (non-hydrogen) atoms. The van der Waals surface area contributed by atoms with Gasteiger partial charge >= 0.3 is 6.03 Å². The number of urea groups is 1. The van der Waals surface area contributed by atoms with Gasteiger partial charge in [-0.05, 0) is 30.7 Å². The lowest BCUT2D eigenvalue weighted by molar-refractivity contribution is 0.0955. The SMILES string of the molecule is CCNC(=O)Nc1nc2cc(-c3cccnc3)cc(C(=O)NN)c2s1. The first-order valence-electron chi connectivity index (χ1n) is 7.53. The van der Waals surface area contributed by atoms with Gasteiger partial charge in [-0.25, -0.2) is 15.6 Å². The van der Waals surface area contributed by atoms with E-state index in [2.05, 4.69) is 26.0 Å². The number of nitrogen functional groups attached to an aromatic ring is 1. The van der Waals surface area contributed by atoms with Gasteiger partial charge in [0.15, 0.2) is 5.13 Å². The third-order valence-corrected chi connectivity index (χ3v) is 4.44. The number of carbonyl (C=O) groups excluding carboxylic acids is 2. The molecule has 128 valence electrons. The monoisotopic (exact) mass is 356 g/mol. The van der Waals surface area contributed by atoms with Gasteiger partial charge in [-0.2, -0.15) is 0 Å². The van der Waals surface area contributed by atoms with Crippen LogP contribution in [0.1, 0.15) is 17.3 Å². The highest BCUT2D eigenvalue weighted by molar-refractivity contribution is 7.22. The van der Waals surface area contributed by atoms with Crippen molar-refractivity contribution >= 4 is 38.6 Å². The highest BCUT2D eigenvalue weighted by Crippen LogP contribution is 2.33. The van der Waals surface area contributed by atoms with Crippen LogP contribution in [0, 0.1) is 0 Å². The quantitative estimate of drug-likeness (QED) is 0.324. The molecule has 0 aliphatic heterocycles. The first kappa shape index (κ1) is 16.8. The number of amides is 3. The summed E-state index contributed by atoms with van der Waals surface area (Å²) in [5.41, 5.74) is 4.77. The fourth-order valence-electron chi connectivity index (χ4n) is 2.33. The Morgan fingerprint density at radius 1 is 1.28 bits per heavy atom. The topological polar surface area (TPSA) is 122 Å². The molecule has 2 heterocycles. The normalized spacial score (nSPS) is 10.5. The van der Waals surface area contributed by atoms with Crippen molar-refractivity contribution in [2.45, 2.75) is 6.92 Å². The minimum Gasteiger partial charge on any atom is -0.338 e. The molecule has 0 bridgehead atoms. The van der Waals surface area contributed by atoms with Crippen LogP contribution in [0.15, 0.2) is 36.7 Å². The highest BCUT2D eigenvalue weighted by Gasteiger charge is 2.17. The first-order chi connectivity index (χ1) is 12.1. The van der Waals surface area contributed by atoms with Crippen molar-refractivity contribution in [2.24, 2.45) is 5.84 Å². The summed E-state index contributed by atoms with van der Waals surface area (Å²) in [6.07, 6.45) is 3.37. The van der Waals surface area contributed by atoms with E-state index in [1.54, 1.807) is 18.5 Å². The number of hydrogen-bond acceptors (Lipinski definition) is 6. The standard InChI is InChI=1S/C16H16N6O2S/c1-2-19-15(24)21-16-20-12-7-10(9-4-3-5-18-8-9)6-11(13(12)25-16)14(23)22-17/h3-8H,2,17H2,1H3,(H,22,23)(H2,19,20,21,24). The van der Waals surface area contributed by atoms with E-state index < -0.39 is 5.91 Å². The number of thiazole rings is 1. The number of hydrogen-bond donors (Lipinski definition) is 4. The summed E-state index contributed by atoms with van der Waals surface area (Å²) in [6.45, 7) is 2.32. The van der Waals surface area contributed by atoms with Crippen LogP contribution >= 0.6 is 11.3 Å². The summed E-state index contributed by atoms with van der Waals surface area (Å²) in [6, 6.07) is 6.93. The summed E-state index contributed by atoms with van der Waals surface area (Å²) in [5, 5.41) is 5.69. The van der Waals surface area contributed by atoms with E-state index in [-0.39, 0.29) is 6.03 Å². The zero-order chi connectivity index (χ0) is 17.8. The third kappa shape index (κ3) is 3.57. The van der Waals surface area contributed by atoms with E-state index in [9.17, 15) is 9.59 Å². The summed E-state index contributed by atoms with van der Waals surface area (Å²) >= 11 is 1.21. The molecule has 0 saturated carbocycles. The van der Waals surface area contributed by atoms with Crippen LogP contribution in [0.3, 0.4) is 0 Å². The van der Waals surface area contributed by atoms with Crippen LogP contribution in [0.25, 0.3) is 21.3 Å². The number of nitrogens with two attached hydrogens (primary N) is 1. The van der Waals surface area contributed by atoms with Gasteiger partial charge in [-0.15, -0.1) is 0 Å². The maximum absolute atomic E-state index is 12.2. The van der Waals surface area contributed by atoms with Crippen LogP contribution in [0.4, 0.5) is 9.93 Å². The molecule has 3 rings (SSSR count). The van der Waals surface area contributed by atoms with E-state index in [1.807, 2.05) is 25.1 Å². The molecule has 1 aromatic carbocycles. The molecule has 0 aliphatic carbocycles. The number of rotatable bonds is 4. The van der Waals surface area contributed by atoms with Gasteiger partial charge in [-0.3, -0.25) is 20.5 Å². The highest BCUT2D eigenvalue weighted by atomic mass is 32.1. The number of carbonyl (C=O) groups is 2. The average Bonchev–Trinajstić information content (AvgIpc) is 3.03. The third-order valence-electron chi connectivity index (χ3n) is 3.42. The molecular formula is C16H16N6O2S. The summed E-state index contributed by atoms with van der Waals surface area (Å²) < 4.78 is 0.641. The van der Waals surface area contributed by atoms with Crippen LogP contribution in [-0.2, 0) is 0 Å². The first-order valence-corrected chi connectivity index (χ1v) is 8.34. The van der Waals surface area contributed by atoms with Crippen LogP contribution in [-0.4, -0.2) is 28.5 Å². The van der Waals surface area contributed by atoms with Crippen molar-refractivity contribution in [2.75, 3.05) is 11.9 Å². The van der Waals surface area contributed by atoms with Gasteiger partial charge in [-0.1, -0.05) is 17.4 Å². The Labute approximate surface area is 147 Å². The van der Waals surface area contributed by atoms with Crippen molar-refractivity contribution in [3.63, 3.8) is 0 Å². The zero-order valence-corrected chi connectivity index (χ0v) is 14.2. The van der Waals surface area contributed by atoms with Crippen LogP contribution in [0.2, 0.25) is 0 Å². The van der Waals surface area contributed by atoms with Crippen molar-refractivity contribution < 1.29 is 9.59 Å². The predicted octanol–water partition coefficient (Wildman–Crippen LogP) is 2.10. The second kappa shape index (κ2) is 7.24. The van der Waals surface area contributed by atoms with E-state index in [4.69, 9.17) is 5.84 Å². The molecule has 8 nitrogen and oxygen atoms in total. The van der Waals surface area contributed by atoms with Crippen LogP contribution < -0.4 is 21.9 Å². The molecule has 3 amide bonds. The molecule has 0 atom stereocenters. The number of fused-ring (bicyclic) bond motifs is 1. The number of anilines is 1. The Morgan fingerprint density at radius 2 is 2.12 bits per heavy atom. The van der Waals surface area contributed by atoms with Gasteiger partial charge in [0.2, 0.25) is 0 Å². The Balaban J connectivity index is 2.10. The lowest BCUT2D eigenvalue weighted by Crippen LogP contribution is -2.30. The van der Waals surface area contributed by atoms with E-state index in [0.717, 1.165) is 11.1 Å². The lowest BCUT2D eigenvalue weighted by Gasteiger charge is -2.05. The van der Waals surface area contributed by atoms with E-state index in [1.165, 1.54) is 11.3 Å². The minimum atomic E-state index is -0.427. The second-order valence-electron chi connectivity index (χ2n) is 5.09. The van der Waals surface area contributed by atoms with Crippen molar-refractivity contribution in [3.05, 3.63) is 42.2 Å². The fourth-order valence-corrected chi connectivity index (χ4v) is 3.29. The number of aromatic nitrogens is 2. The summed E-state index contributed by atoms with van der Waals surface area (Å²) in [4.78, 5) is 32.4. The number of nitrogens with zero attached hydrogens (tertiary/aromatic N) is 2. The maximum atomic E-state index is 12.2.